The Bertz CT molecular complexity index is 449. The van der Waals surface area contributed by atoms with E-state index in [0.717, 1.165) is 11.8 Å². The van der Waals surface area contributed by atoms with Crippen molar-refractivity contribution in [3.05, 3.63) is 23.4 Å². The molecule has 0 bridgehead atoms. The van der Waals surface area contributed by atoms with Gasteiger partial charge >= 0.3 is 0 Å². The zero-order valence-corrected chi connectivity index (χ0v) is 11.5. The number of rotatable bonds is 7. The molecule has 0 fully saturated rings. The van der Waals surface area contributed by atoms with Crippen LogP contribution in [0.5, 0.6) is 0 Å². The molecule has 0 atom stereocenters. The Kier molecular flexibility index (Phi) is 5.95. The first-order valence-electron chi connectivity index (χ1n) is 5.97. The number of aldehydes is 1. The second kappa shape index (κ2) is 7.48. The number of aryl methyl sites for hydroxylation is 1. The maximum absolute atomic E-state index is 11.6. The molecule has 1 amide bonds. The summed E-state index contributed by atoms with van der Waals surface area (Å²) in [7, 11) is 3.37. The number of pyridine rings is 1. The number of aromatic nitrogens is 1. The number of nitrogens with zero attached hydrogens (tertiary/aromatic N) is 2. The van der Waals surface area contributed by atoms with Crippen LogP contribution in [0.15, 0.2) is 12.3 Å². The zero-order chi connectivity index (χ0) is 14.3. The highest BCUT2D eigenvalue weighted by Crippen LogP contribution is 2.15. The van der Waals surface area contributed by atoms with Gasteiger partial charge in [0.25, 0.3) is 0 Å². The van der Waals surface area contributed by atoms with Crippen molar-refractivity contribution in [3.63, 3.8) is 0 Å². The molecule has 1 aromatic rings. The van der Waals surface area contributed by atoms with Gasteiger partial charge in [-0.15, -0.1) is 0 Å². The summed E-state index contributed by atoms with van der Waals surface area (Å²) < 4.78 is 4.85. The minimum atomic E-state index is -0.0970. The van der Waals surface area contributed by atoms with Gasteiger partial charge in [0, 0.05) is 32.5 Å². The molecule has 6 nitrogen and oxygen atoms in total. The van der Waals surface area contributed by atoms with Gasteiger partial charge in [-0.25, -0.2) is 4.98 Å². The Balaban J connectivity index is 2.60. The highest BCUT2D eigenvalue weighted by Gasteiger charge is 2.10. The summed E-state index contributed by atoms with van der Waals surface area (Å²) in [4.78, 5) is 28.2. The molecule has 0 aliphatic heterocycles. The van der Waals surface area contributed by atoms with Crippen LogP contribution in [0, 0.1) is 6.92 Å². The van der Waals surface area contributed by atoms with Gasteiger partial charge in [-0.3, -0.25) is 9.59 Å². The van der Waals surface area contributed by atoms with Crippen molar-refractivity contribution in [1.29, 1.82) is 0 Å². The number of methoxy groups -OCH3 is 1. The molecular weight excluding hydrogens is 246 g/mol. The van der Waals surface area contributed by atoms with Crippen LogP contribution in [-0.4, -0.2) is 51.0 Å². The third-order valence-corrected chi connectivity index (χ3v) is 2.58. The van der Waals surface area contributed by atoms with Crippen molar-refractivity contribution in [2.45, 2.75) is 6.92 Å². The highest BCUT2D eigenvalue weighted by molar-refractivity contribution is 5.81. The molecule has 1 rings (SSSR count). The fraction of sp³-hybridized carbons (Fsp3) is 0.462. The number of hydrogen-bond donors (Lipinski definition) is 1. The number of likely N-dealkylation sites (N-methyl/N-ethyl adjacent to an activating group) is 1. The number of carbonyl (C=O) groups excluding carboxylic acids is 2. The Morgan fingerprint density at radius 1 is 1.58 bits per heavy atom. The van der Waals surface area contributed by atoms with Crippen molar-refractivity contribution < 1.29 is 14.3 Å². The number of hydrogen-bond acceptors (Lipinski definition) is 5. The van der Waals surface area contributed by atoms with Gasteiger partial charge in [0.15, 0.2) is 6.29 Å². The van der Waals surface area contributed by atoms with Crippen LogP contribution >= 0.6 is 0 Å². The standard InChI is InChI=1S/C13H19N3O3/c1-10-6-11(9-17)7-15-13(10)16(2)8-12(18)14-4-5-19-3/h6-7,9H,4-5,8H2,1-3H3,(H,14,18). The van der Waals surface area contributed by atoms with Gasteiger partial charge in [-0.2, -0.15) is 0 Å². The molecule has 0 aliphatic rings. The van der Waals surface area contributed by atoms with E-state index in [4.69, 9.17) is 4.74 Å². The molecule has 1 aromatic heterocycles. The zero-order valence-electron chi connectivity index (χ0n) is 11.5. The molecule has 0 saturated heterocycles. The summed E-state index contributed by atoms with van der Waals surface area (Å²) in [6.07, 6.45) is 2.25. The number of nitrogens with one attached hydrogen (secondary N) is 1. The molecule has 0 unspecified atom stereocenters. The predicted molar refractivity (Wildman–Crippen MR) is 72.5 cm³/mol. The summed E-state index contributed by atoms with van der Waals surface area (Å²) in [5, 5.41) is 2.74. The van der Waals surface area contributed by atoms with Gasteiger partial charge in [-0.05, 0) is 18.6 Å². The average Bonchev–Trinajstić information content (AvgIpc) is 2.38. The van der Waals surface area contributed by atoms with E-state index in [1.54, 1.807) is 25.1 Å². The Labute approximate surface area is 112 Å². The highest BCUT2D eigenvalue weighted by atomic mass is 16.5. The van der Waals surface area contributed by atoms with Crippen LogP contribution in [0.4, 0.5) is 5.82 Å². The van der Waals surface area contributed by atoms with E-state index in [-0.39, 0.29) is 12.5 Å². The number of ether oxygens (including phenoxy) is 1. The molecule has 0 aliphatic carbocycles. The third-order valence-electron chi connectivity index (χ3n) is 2.58. The van der Waals surface area contributed by atoms with Gasteiger partial charge in [0.05, 0.1) is 13.2 Å². The SMILES string of the molecule is COCCNC(=O)CN(C)c1ncc(C=O)cc1C. The maximum Gasteiger partial charge on any atom is 0.239 e. The Morgan fingerprint density at radius 2 is 2.32 bits per heavy atom. The number of amides is 1. The molecule has 0 radical (unpaired) electrons. The topological polar surface area (TPSA) is 71.5 Å². The van der Waals surface area contributed by atoms with Gasteiger partial charge in [0.1, 0.15) is 5.82 Å². The van der Waals surface area contributed by atoms with Crippen LogP contribution in [-0.2, 0) is 9.53 Å². The van der Waals surface area contributed by atoms with E-state index in [9.17, 15) is 9.59 Å². The van der Waals surface area contributed by atoms with Crippen molar-refractivity contribution in [1.82, 2.24) is 10.3 Å². The second-order valence-corrected chi connectivity index (χ2v) is 4.23. The van der Waals surface area contributed by atoms with Crippen LogP contribution in [0.25, 0.3) is 0 Å². The van der Waals surface area contributed by atoms with Crippen LogP contribution in [0.1, 0.15) is 15.9 Å². The Hall–Kier alpha value is -1.95. The molecule has 1 heterocycles. The maximum atomic E-state index is 11.6. The van der Waals surface area contributed by atoms with E-state index in [0.29, 0.717) is 24.5 Å². The summed E-state index contributed by atoms with van der Waals surface area (Å²) >= 11 is 0. The monoisotopic (exact) mass is 265 g/mol. The fourth-order valence-electron chi connectivity index (χ4n) is 1.69. The average molecular weight is 265 g/mol. The van der Waals surface area contributed by atoms with Gasteiger partial charge in [-0.1, -0.05) is 0 Å². The molecule has 0 saturated carbocycles. The quantitative estimate of drug-likeness (QED) is 0.571. The fourth-order valence-corrected chi connectivity index (χ4v) is 1.69. The predicted octanol–water partition coefficient (Wildman–Crippen LogP) is 0.401. The lowest BCUT2D eigenvalue weighted by atomic mass is 10.2. The number of anilines is 1. The minimum Gasteiger partial charge on any atom is -0.383 e. The molecule has 104 valence electrons. The smallest absolute Gasteiger partial charge is 0.239 e. The van der Waals surface area contributed by atoms with Crippen molar-refractivity contribution in [2.75, 3.05) is 38.8 Å². The van der Waals surface area contributed by atoms with Gasteiger partial charge < -0.3 is 15.0 Å². The summed E-state index contributed by atoms with van der Waals surface area (Å²) in [5.41, 5.74) is 1.39. The third kappa shape index (κ3) is 4.67. The first-order chi connectivity index (χ1) is 9.08. The van der Waals surface area contributed by atoms with E-state index < -0.39 is 0 Å². The van der Waals surface area contributed by atoms with Crippen LogP contribution in [0.2, 0.25) is 0 Å². The second-order valence-electron chi connectivity index (χ2n) is 4.23. The summed E-state index contributed by atoms with van der Waals surface area (Å²) in [5.74, 6) is 0.590. The lowest BCUT2D eigenvalue weighted by molar-refractivity contribution is -0.119. The molecule has 19 heavy (non-hydrogen) atoms. The molecule has 1 N–H and O–H groups in total. The van der Waals surface area contributed by atoms with Crippen molar-refractivity contribution in [3.8, 4) is 0 Å². The molecule has 6 heteroatoms. The summed E-state index contributed by atoms with van der Waals surface area (Å²) in [6, 6.07) is 1.74. The first-order valence-corrected chi connectivity index (χ1v) is 5.97. The molecule has 0 aromatic carbocycles. The first kappa shape index (κ1) is 15.1. The molecule has 0 spiro atoms. The number of carbonyl (C=O) groups is 2. The van der Waals surface area contributed by atoms with E-state index in [1.807, 2.05) is 6.92 Å². The van der Waals surface area contributed by atoms with E-state index >= 15 is 0 Å². The van der Waals surface area contributed by atoms with Crippen LogP contribution in [0.3, 0.4) is 0 Å². The molecular formula is C13H19N3O3. The van der Waals surface area contributed by atoms with E-state index in [2.05, 4.69) is 10.3 Å². The van der Waals surface area contributed by atoms with Crippen molar-refractivity contribution in [2.24, 2.45) is 0 Å². The Morgan fingerprint density at radius 3 is 2.89 bits per heavy atom. The van der Waals surface area contributed by atoms with Crippen LogP contribution < -0.4 is 10.2 Å². The normalized spacial score (nSPS) is 10.1. The van der Waals surface area contributed by atoms with Gasteiger partial charge in [0.2, 0.25) is 5.91 Å². The van der Waals surface area contributed by atoms with Crippen molar-refractivity contribution >= 4 is 18.0 Å². The van der Waals surface area contributed by atoms with E-state index in [1.165, 1.54) is 6.20 Å². The lowest BCUT2D eigenvalue weighted by Crippen LogP contribution is -2.37. The largest absolute Gasteiger partial charge is 0.383 e. The minimum absolute atomic E-state index is 0.0970. The lowest BCUT2D eigenvalue weighted by Gasteiger charge is -2.19. The summed E-state index contributed by atoms with van der Waals surface area (Å²) in [6.45, 7) is 3.03.